The maximum Gasteiger partial charge on any atom is 0.410 e. The van der Waals surface area contributed by atoms with Crippen molar-refractivity contribution in [2.45, 2.75) is 174 Å². The zero-order chi connectivity index (χ0) is 36.4. The van der Waals surface area contributed by atoms with Crippen LogP contribution in [0.25, 0.3) is 0 Å². The molecular formula is C35H65N5O8S. The van der Waals surface area contributed by atoms with Gasteiger partial charge in [-0.05, 0) is 85.0 Å². The molecule has 0 aromatic carbocycles. The molecule has 0 aliphatic carbocycles. The zero-order valence-electron chi connectivity index (χ0n) is 31.3. The zero-order valence-corrected chi connectivity index (χ0v) is 32.1. The minimum Gasteiger partial charge on any atom is -0.724 e. The van der Waals surface area contributed by atoms with Crippen molar-refractivity contribution in [3.8, 4) is 0 Å². The molecule has 4 aliphatic heterocycles. The molecule has 0 spiro atoms. The van der Waals surface area contributed by atoms with Crippen LogP contribution < -0.4 is 5.32 Å². The molecule has 4 fully saturated rings. The molecule has 2 unspecified atom stereocenters. The Morgan fingerprint density at radius 2 is 1.31 bits per heavy atom. The first-order valence-corrected chi connectivity index (χ1v) is 20.3. The molecule has 14 heteroatoms. The molecule has 4 bridgehead atoms. The van der Waals surface area contributed by atoms with Gasteiger partial charge < -0.3 is 28.9 Å². The number of amides is 4. The topological polar surface area (TPSA) is 149 Å². The summed E-state index contributed by atoms with van der Waals surface area (Å²) in [4.78, 5) is 41.1. The summed E-state index contributed by atoms with van der Waals surface area (Å²) >= 11 is 0. The maximum absolute atomic E-state index is 13.0. The SMILES string of the molecule is CC(C)(C)OC(=O)N1C2CCC1CC(NC(=O)[C@@H]1CC[C@@H]3CN1C(=O)N3OS(=O)(=O)[O-])C2.CCCC[N+](CCCC)(CCCC)CCCC. The van der Waals surface area contributed by atoms with Crippen LogP contribution in [-0.4, -0.2) is 119 Å². The molecule has 4 aliphatic rings. The number of nitrogens with one attached hydrogen (secondary N) is 1. The first-order valence-electron chi connectivity index (χ1n) is 19.0. The number of fused-ring (bicyclic) bond motifs is 4. The number of carbonyl (C=O) groups excluding carboxylic acids is 3. The third kappa shape index (κ3) is 12.0. The molecule has 4 rings (SSSR count). The third-order valence-corrected chi connectivity index (χ3v) is 10.8. The Bertz CT molecular complexity index is 1140. The number of unbranched alkanes of at least 4 members (excludes halogenated alkanes) is 4. The van der Waals surface area contributed by atoms with E-state index in [0.29, 0.717) is 30.7 Å². The number of ether oxygens (including phenoxy) is 1. The van der Waals surface area contributed by atoms with Crippen LogP contribution in [0.5, 0.6) is 0 Å². The summed E-state index contributed by atoms with van der Waals surface area (Å²) in [5, 5.41) is 3.58. The molecule has 4 saturated heterocycles. The van der Waals surface area contributed by atoms with E-state index in [4.69, 9.17) is 4.74 Å². The molecule has 0 saturated carbocycles. The highest BCUT2D eigenvalue weighted by Gasteiger charge is 2.50. The number of piperidine rings is 2. The van der Waals surface area contributed by atoms with Crippen molar-refractivity contribution in [1.29, 1.82) is 0 Å². The van der Waals surface area contributed by atoms with E-state index in [1.54, 1.807) is 4.90 Å². The average molecular weight is 716 g/mol. The predicted octanol–water partition coefficient (Wildman–Crippen LogP) is 5.70. The van der Waals surface area contributed by atoms with Crippen molar-refractivity contribution in [1.82, 2.24) is 20.2 Å². The monoisotopic (exact) mass is 715 g/mol. The van der Waals surface area contributed by atoms with Gasteiger partial charge in [0, 0.05) is 24.7 Å². The first-order chi connectivity index (χ1) is 23.1. The summed E-state index contributed by atoms with van der Waals surface area (Å²) in [7, 11) is -5.08. The van der Waals surface area contributed by atoms with Crippen molar-refractivity contribution >= 4 is 28.4 Å². The Morgan fingerprint density at radius 1 is 0.837 bits per heavy atom. The Kier molecular flexibility index (Phi) is 15.5. The van der Waals surface area contributed by atoms with Crippen molar-refractivity contribution in [3.63, 3.8) is 0 Å². The van der Waals surface area contributed by atoms with Gasteiger partial charge in [0.1, 0.15) is 11.6 Å². The van der Waals surface area contributed by atoms with E-state index in [2.05, 4.69) is 37.3 Å². The molecule has 4 heterocycles. The second-order valence-corrected chi connectivity index (χ2v) is 16.6. The number of hydroxylamine groups is 2. The third-order valence-electron chi connectivity index (χ3n) is 10.4. The highest BCUT2D eigenvalue weighted by Crippen LogP contribution is 2.37. The molecule has 284 valence electrons. The predicted molar refractivity (Wildman–Crippen MR) is 187 cm³/mol. The normalized spacial score (nSPS) is 25.3. The lowest BCUT2D eigenvalue weighted by molar-refractivity contribution is -0.929. The average Bonchev–Trinajstić information content (AvgIpc) is 3.43. The van der Waals surface area contributed by atoms with Gasteiger partial charge in [-0.3, -0.25) is 4.79 Å². The summed E-state index contributed by atoms with van der Waals surface area (Å²) in [5.41, 5.74) is -0.578. The van der Waals surface area contributed by atoms with Crippen LogP contribution in [0.2, 0.25) is 0 Å². The van der Waals surface area contributed by atoms with Crippen LogP contribution in [0.3, 0.4) is 0 Å². The van der Waals surface area contributed by atoms with Crippen molar-refractivity contribution in [3.05, 3.63) is 0 Å². The van der Waals surface area contributed by atoms with E-state index in [9.17, 15) is 27.4 Å². The first kappa shape index (κ1) is 41.3. The van der Waals surface area contributed by atoms with Gasteiger partial charge >= 0.3 is 12.1 Å². The second-order valence-electron chi connectivity index (χ2n) is 15.6. The Morgan fingerprint density at radius 3 is 1.73 bits per heavy atom. The number of urea groups is 1. The maximum atomic E-state index is 13.0. The Balaban J connectivity index is 0.000000326. The minimum atomic E-state index is -5.08. The van der Waals surface area contributed by atoms with Gasteiger partial charge in [0.05, 0.1) is 32.2 Å². The van der Waals surface area contributed by atoms with Crippen LogP contribution in [0, 0.1) is 0 Å². The fraction of sp³-hybridized carbons (Fsp3) is 0.914. The quantitative estimate of drug-likeness (QED) is 0.122. The van der Waals surface area contributed by atoms with Crippen molar-refractivity contribution in [2.24, 2.45) is 0 Å². The Hall–Kier alpha value is -2.16. The largest absolute Gasteiger partial charge is 0.724 e. The van der Waals surface area contributed by atoms with Crippen LogP contribution >= 0.6 is 0 Å². The number of nitrogens with zero attached hydrogens (tertiary/aromatic N) is 4. The van der Waals surface area contributed by atoms with E-state index >= 15 is 0 Å². The lowest BCUT2D eigenvalue weighted by Gasteiger charge is -2.40. The van der Waals surface area contributed by atoms with E-state index in [0.717, 1.165) is 12.8 Å². The van der Waals surface area contributed by atoms with Gasteiger partial charge in [0.2, 0.25) is 16.3 Å². The summed E-state index contributed by atoms with van der Waals surface area (Å²) in [6.45, 7) is 20.6. The fourth-order valence-corrected chi connectivity index (χ4v) is 8.33. The molecular weight excluding hydrogens is 650 g/mol. The van der Waals surface area contributed by atoms with Crippen LogP contribution in [0.4, 0.5) is 9.59 Å². The van der Waals surface area contributed by atoms with Gasteiger partial charge in [0.15, 0.2) is 0 Å². The smallest absolute Gasteiger partial charge is 0.410 e. The van der Waals surface area contributed by atoms with Crippen LogP contribution in [0.15, 0.2) is 0 Å². The molecule has 49 heavy (non-hydrogen) atoms. The fourth-order valence-electron chi connectivity index (χ4n) is 7.95. The highest BCUT2D eigenvalue weighted by atomic mass is 32.3. The summed E-state index contributed by atoms with van der Waals surface area (Å²) in [6, 6.07) is -2.30. The molecule has 0 aromatic rings. The van der Waals surface area contributed by atoms with E-state index in [-0.39, 0.29) is 36.7 Å². The summed E-state index contributed by atoms with van der Waals surface area (Å²) < 4.78 is 44.0. The second kappa shape index (κ2) is 18.4. The van der Waals surface area contributed by atoms with Gasteiger partial charge in [-0.15, -0.1) is 0 Å². The van der Waals surface area contributed by atoms with Crippen molar-refractivity contribution < 1.29 is 40.9 Å². The summed E-state index contributed by atoms with van der Waals surface area (Å²) in [6.07, 6.45) is 14.3. The number of carbonyl (C=O) groups is 3. The van der Waals surface area contributed by atoms with E-state index in [1.807, 2.05) is 20.8 Å². The molecule has 0 aromatic heterocycles. The number of hydrogen-bond acceptors (Lipinski definition) is 8. The van der Waals surface area contributed by atoms with Crippen LogP contribution in [0.1, 0.15) is 138 Å². The van der Waals surface area contributed by atoms with E-state index in [1.165, 1.54) is 86.9 Å². The van der Waals surface area contributed by atoms with Crippen molar-refractivity contribution in [2.75, 3.05) is 32.7 Å². The number of quaternary nitrogens is 1. The number of rotatable bonds is 16. The molecule has 4 atom stereocenters. The minimum absolute atomic E-state index is 0.00999. The lowest BCUT2D eigenvalue weighted by Crippen LogP contribution is -2.57. The number of hydrogen-bond donors (Lipinski definition) is 1. The summed E-state index contributed by atoms with van der Waals surface area (Å²) in [5.74, 6) is -0.321. The standard InChI is InChI=1S/C19H30N4O8S.C16H36N/c1-19(2,3)30-18(26)22-12-4-5-13(22)9-11(8-12)20-16(24)15-7-6-14-10-21(15)17(25)23(14)31-32(27,28)29;1-5-9-13-17(14-10-6-2,15-11-7-3)16-12-8-4/h11-15H,4-10H2,1-3H3,(H,20,24)(H,27,28,29);5-16H2,1-4H3/q;+1/p-1/t11?,12?,13?,14-,15+;/m1./s1. The van der Waals surface area contributed by atoms with Crippen LogP contribution in [-0.2, 0) is 24.2 Å². The molecule has 1 N–H and O–H groups in total. The van der Waals surface area contributed by atoms with E-state index < -0.39 is 34.1 Å². The van der Waals surface area contributed by atoms with Gasteiger partial charge in [-0.1, -0.05) is 53.4 Å². The molecule has 13 nitrogen and oxygen atoms in total. The van der Waals surface area contributed by atoms with Gasteiger partial charge in [0.25, 0.3) is 0 Å². The van der Waals surface area contributed by atoms with Gasteiger partial charge in [-0.25, -0.2) is 18.0 Å². The Labute approximate surface area is 295 Å². The molecule has 4 amide bonds. The molecule has 0 radical (unpaired) electrons. The van der Waals surface area contributed by atoms with Gasteiger partial charge in [-0.2, -0.15) is 9.35 Å². The highest BCUT2D eigenvalue weighted by molar-refractivity contribution is 7.80. The lowest BCUT2D eigenvalue weighted by atomic mass is 9.96.